The van der Waals surface area contributed by atoms with Gasteiger partial charge in [0.05, 0.1) is 6.10 Å². The number of aliphatic hydroxyl groups is 1. The second kappa shape index (κ2) is 6.73. The molecule has 1 aliphatic rings. The Bertz CT molecular complexity index is 423. The maximum atomic E-state index is 10.4. The third-order valence-electron chi connectivity index (χ3n) is 4.59. The molecule has 3 atom stereocenters. The molecule has 1 aromatic carbocycles. The molecule has 1 heterocycles. The van der Waals surface area contributed by atoms with Gasteiger partial charge in [0.15, 0.2) is 0 Å². The van der Waals surface area contributed by atoms with Crippen molar-refractivity contribution in [1.82, 2.24) is 4.90 Å². The number of rotatable bonds is 4. The van der Waals surface area contributed by atoms with E-state index >= 15 is 0 Å². The number of piperidine rings is 1. The quantitative estimate of drug-likeness (QED) is 0.902. The van der Waals surface area contributed by atoms with E-state index in [1.807, 2.05) is 0 Å². The van der Waals surface area contributed by atoms with E-state index in [0.717, 1.165) is 24.4 Å². The zero-order valence-corrected chi connectivity index (χ0v) is 13.4. The molecule has 0 radical (unpaired) electrons. The van der Waals surface area contributed by atoms with Crippen molar-refractivity contribution in [2.75, 3.05) is 13.1 Å². The zero-order valence-electron chi connectivity index (χ0n) is 13.4. The van der Waals surface area contributed by atoms with E-state index in [0.29, 0.717) is 6.04 Å². The molecule has 0 bridgehead atoms. The predicted octanol–water partition coefficient (Wildman–Crippen LogP) is 3.85. The maximum Gasteiger partial charge on any atom is 0.0802 e. The summed E-state index contributed by atoms with van der Waals surface area (Å²) in [7, 11) is 0. The molecule has 112 valence electrons. The summed E-state index contributed by atoms with van der Waals surface area (Å²) in [4.78, 5) is 2.53. The van der Waals surface area contributed by atoms with Gasteiger partial charge in [-0.2, -0.15) is 0 Å². The first-order valence-corrected chi connectivity index (χ1v) is 7.96. The highest BCUT2D eigenvalue weighted by atomic mass is 16.3. The maximum absolute atomic E-state index is 10.4. The van der Waals surface area contributed by atoms with E-state index in [4.69, 9.17) is 0 Å². The highest BCUT2D eigenvalue weighted by Gasteiger charge is 2.23. The van der Waals surface area contributed by atoms with Gasteiger partial charge in [-0.05, 0) is 58.1 Å². The number of aryl methyl sites for hydroxylation is 2. The lowest BCUT2D eigenvalue weighted by Gasteiger charge is -2.36. The van der Waals surface area contributed by atoms with Crippen LogP contribution in [0.25, 0.3) is 0 Å². The lowest BCUT2D eigenvalue weighted by atomic mass is 9.93. The monoisotopic (exact) mass is 275 g/mol. The smallest absolute Gasteiger partial charge is 0.0802 e. The molecule has 2 heteroatoms. The summed E-state index contributed by atoms with van der Waals surface area (Å²) < 4.78 is 0. The van der Waals surface area contributed by atoms with Gasteiger partial charge in [0.1, 0.15) is 0 Å². The van der Waals surface area contributed by atoms with Crippen molar-refractivity contribution in [3.05, 3.63) is 34.9 Å². The fraction of sp³-hybridized carbons (Fsp3) is 0.667. The van der Waals surface area contributed by atoms with Crippen LogP contribution >= 0.6 is 0 Å². The zero-order chi connectivity index (χ0) is 14.7. The highest BCUT2D eigenvalue weighted by Crippen LogP contribution is 2.25. The summed E-state index contributed by atoms with van der Waals surface area (Å²) in [5.41, 5.74) is 3.54. The summed E-state index contributed by atoms with van der Waals surface area (Å²) in [6.45, 7) is 11.0. The first-order chi connectivity index (χ1) is 9.45. The summed E-state index contributed by atoms with van der Waals surface area (Å²) in [6, 6.07) is 7.04. The summed E-state index contributed by atoms with van der Waals surface area (Å²) >= 11 is 0. The Hall–Kier alpha value is -0.860. The third-order valence-corrected chi connectivity index (χ3v) is 4.59. The Morgan fingerprint density at radius 1 is 1.20 bits per heavy atom. The number of nitrogens with zero attached hydrogens (tertiary/aromatic N) is 1. The normalized spacial score (nSPS) is 25.6. The van der Waals surface area contributed by atoms with Gasteiger partial charge in [-0.3, -0.25) is 0 Å². The van der Waals surface area contributed by atoms with Crippen LogP contribution in [-0.2, 0) is 0 Å². The summed E-state index contributed by atoms with van der Waals surface area (Å²) in [5.74, 6) is 0.852. The van der Waals surface area contributed by atoms with Crippen LogP contribution in [0.15, 0.2) is 18.2 Å². The molecular formula is C18H29NO. The molecule has 2 nitrogen and oxygen atoms in total. The third kappa shape index (κ3) is 4.07. The molecule has 1 N–H and O–H groups in total. The molecule has 0 saturated carbocycles. The molecule has 1 aliphatic heterocycles. The van der Waals surface area contributed by atoms with Gasteiger partial charge in [-0.1, -0.05) is 36.2 Å². The second-order valence-corrected chi connectivity index (χ2v) is 6.74. The molecule has 20 heavy (non-hydrogen) atoms. The SMILES string of the molecule is Cc1cc(C)cc(C(O)CCN2CCC(C)CC2C)c1. The summed E-state index contributed by atoms with van der Waals surface area (Å²) in [6.07, 6.45) is 3.09. The average molecular weight is 275 g/mol. The van der Waals surface area contributed by atoms with Gasteiger partial charge in [0.2, 0.25) is 0 Å². The van der Waals surface area contributed by atoms with Gasteiger partial charge in [-0.25, -0.2) is 0 Å². The average Bonchev–Trinajstić information content (AvgIpc) is 2.36. The standard InChI is InChI=1S/C18H29NO/c1-13-5-7-19(16(4)10-13)8-6-18(20)17-11-14(2)9-15(3)12-17/h9,11-13,16,18,20H,5-8,10H2,1-4H3. The van der Waals surface area contributed by atoms with E-state index in [1.54, 1.807) is 0 Å². The van der Waals surface area contributed by atoms with Gasteiger partial charge in [-0.15, -0.1) is 0 Å². The van der Waals surface area contributed by atoms with Crippen LogP contribution in [0.3, 0.4) is 0 Å². The van der Waals surface area contributed by atoms with Crippen molar-refractivity contribution >= 4 is 0 Å². The highest BCUT2D eigenvalue weighted by molar-refractivity contribution is 5.29. The molecule has 0 aliphatic carbocycles. The van der Waals surface area contributed by atoms with Gasteiger partial charge < -0.3 is 10.0 Å². The van der Waals surface area contributed by atoms with Crippen molar-refractivity contribution in [3.63, 3.8) is 0 Å². The fourth-order valence-corrected chi connectivity index (χ4v) is 3.45. The lowest BCUT2D eigenvalue weighted by molar-refractivity contribution is 0.0941. The number of hydrogen-bond donors (Lipinski definition) is 1. The van der Waals surface area contributed by atoms with E-state index in [2.05, 4.69) is 50.8 Å². The molecule has 3 unspecified atom stereocenters. The van der Waals surface area contributed by atoms with Crippen molar-refractivity contribution < 1.29 is 5.11 Å². The van der Waals surface area contributed by atoms with Crippen LogP contribution in [-0.4, -0.2) is 29.1 Å². The predicted molar refractivity (Wildman–Crippen MR) is 84.9 cm³/mol. The molecule has 0 amide bonds. The topological polar surface area (TPSA) is 23.5 Å². The second-order valence-electron chi connectivity index (χ2n) is 6.74. The molecule has 1 saturated heterocycles. The van der Waals surface area contributed by atoms with Gasteiger partial charge in [0, 0.05) is 12.6 Å². The molecule has 0 aromatic heterocycles. The molecule has 1 aromatic rings. The molecule has 2 rings (SSSR count). The molecule has 1 fully saturated rings. The summed E-state index contributed by atoms with van der Waals surface area (Å²) in [5, 5.41) is 10.4. The first kappa shape index (κ1) is 15.5. The Balaban J connectivity index is 1.90. The molecule has 0 spiro atoms. The number of aliphatic hydroxyl groups excluding tert-OH is 1. The Kier molecular flexibility index (Phi) is 5.22. The van der Waals surface area contributed by atoms with Crippen LogP contribution in [0.2, 0.25) is 0 Å². The van der Waals surface area contributed by atoms with Crippen LogP contribution in [0.5, 0.6) is 0 Å². The van der Waals surface area contributed by atoms with Gasteiger partial charge in [0.25, 0.3) is 0 Å². The van der Waals surface area contributed by atoms with Crippen molar-refractivity contribution in [2.24, 2.45) is 5.92 Å². The number of hydrogen-bond acceptors (Lipinski definition) is 2. The Labute approximate surface area is 123 Å². The number of benzene rings is 1. The van der Waals surface area contributed by atoms with Crippen LogP contribution in [0, 0.1) is 19.8 Å². The van der Waals surface area contributed by atoms with Crippen molar-refractivity contribution in [1.29, 1.82) is 0 Å². The Morgan fingerprint density at radius 3 is 2.45 bits per heavy atom. The number of likely N-dealkylation sites (tertiary alicyclic amines) is 1. The van der Waals surface area contributed by atoms with Crippen molar-refractivity contribution in [2.45, 2.75) is 59.1 Å². The van der Waals surface area contributed by atoms with Gasteiger partial charge >= 0.3 is 0 Å². The van der Waals surface area contributed by atoms with Crippen LogP contribution in [0.4, 0.5) is 0 Å². The minimum absolute atomic E-state index is 0.333. The van der Waals surface area contributed by atoms with Crippen LogP contribution in [0.1, 0.15) is 55.9 Å². The van der Waals surface area contributed by atoms with E-state index in [9.17, 15) is 5.11 Å². The molecular weight excluding hydrogens is 246 g/mol. The van der Waals surface area contributed by atoms with E-state index in [-0.39, 0.29) is 6.10 Å². The first-order valence-electron chi connectivity index (χ1n) is 7.96. The van der Waals surface area contributed by atoms with Crippen LogP contribution < -0.4 is 0 Å². The van der Waals surface area contributed by atoms with E-state index < -0.39 is 0 Å². The Morgan fingerprint density at radius 2 is 1.85 bits per heavy atom. The fourth-order valence-electron chi connectivity index (χ4n) is 3.45. The largest absolute Gasteiger partial charge is 0.388 e. The minimum Gasteiger partial charge on any atom is -0.388 e. The van der Waals surface area contributed by atoms with E-state index in [1.165, 1.54) is 30.5 Å². The van der Waals surface area contributed by atoms with Crippen molar-refractivity contribution in [3.8, 4) is 0 Å². The minimum atomic E-state index is -0.333. The lowest BCUT2D eigenvalue weighted by Crippen LogP contribution is -2.41.